The van der Waals surface area contributed by atoms with Gasteiger partial charge in [0, 0.05) is 10.6 Å². The SMILES string of the molecule is NC1(c2ccccc2Cl)CC2(CC2)C1. The third-order valence-electron chi connectivity index (χ3n) is 3.75. The molecular formula is C12H14ClN. The zero-order valence-electron chi connectivity index (χ0n) is 8.09. The molecule has 0 aliphatic heterocycles. The molecule has 2 N–H and O–H groups in total. The molecule has 74 valence electrons. The highest BCUT2D eigenvalue weighted by atomic mass is 35.5. The molecule has 1 aromatic carbocycles. The predicted octanol–water partition coefficient (Wildman–Crippen LogP) is 3.07. The van der Waals surface area contributed by atoms with Gasteiger partial charge in [0.25, 0.3) is 0 Å². The summed E-state index contributed by atoms with van der Waals surface area (Å²) in [5.74, 6) is 0. The van der Waals surface area contributed by atoms with Crippen molar-refractivity contribution < 1.29 is 0 Å². The van der Waals surface area contributed by atoms with Crippen LogP contribution in [0.3, 0.4) is 0 Å². The van der Waals surface area contributed by atoms with E-state index in [0.29, 0.717) is 5.41 Å². The lowest BCUT2D eigenvalue weighted by molar-refractivity contribution is 0.125. The van der Waals surface area contributed by atoms with E-state index in [4.69, 9.17) is 17.3 Å². The summed E-state index contributed by atoms with van der Waals surface area (Å²) in [6.45, 7) is 0. The fourth-order valence-corrected chi connectivity index (χ4v) is 3.20. The maximum absolute atomic E-state index is 6.36. The van der Waals surface area contributed by atoms with Gasteiger partial charge >= 0.3 is 0 Å². The van der Waals surface area contributed by atoms with Gasteiger partial charge in [0.15, 0.2) is 0 Å². The largest absolute Gasteiger partial charge is 0.321 e. The van der Waals surface area contributed by atoms with E-state index in [1.54, 1.807) is 0 Å². The fourth-order valence-electron chi connectivity index (χ4n) is 2.87. The van der Waals surface area contributed by atoms with E-state index in [0.717, 1.165) is 23.4 Å². The van der Waals surface area contributed by atoms with E-state index in [1.807, 2.05) is 18.2 Å². The predicted molar refractivity (Wildman–Crippen MR) is 58.2 cm³/mol. The van der Waals surface area contributed by atoms with Crippen LogP contribution in [0.2, 0.25) is 5.02 Å². The van der Waals surface area contributed by atoms with Crippen LogP contribution in [-0.4, -0.2) is 0 Å². The third-order valence-corrected chi connectivity index (χ3v) is 4.08. The van der Waals surface area contributed by atoms with Crippen LogP contribution in [0.15, 0.2) is 24.3 Å². The van der Waals surface area contributed by atoms with Crippen molar-refractivity contribution in [2.75, 3.05) is 0 Å². The van der Waals surface area contributed by atoms with Crippen molar-refractivity contribution in [3.05, 3.63) is 34.9 Å². The molecular weight excluding hydrogens is 194 g/mol. The Morgan fingerprint density at radius 2 is 1.79 bits per heavy atom. The van der Waals surface area contributed by atoms with Crippen LogP contribution in [0.4, 0.5) is 0 Å². The van der Waals surface area contributed by atoms with Gasteiger partial charge in [0.05, 0.1) is 0 Å². The van der Waals surface area contributed by atoms with Crippen molar-refractivity contribution in [3.63, 3.8) is 0 Å². The first-order valence-electron chi connectivity index (χ1n) is 5.18. The number of rotatable bonds is 1. The van der Waals surface area contributed by atoms with Crippen molar-refractivity contribution in [3.8, 4) is 0 Å². The van der Waals surface area contributed by atoms with Crippen molar-refractivity contribution >= 4 is 11.6 Å². The number of hydrogen-bond acceptors (Lipinski definition) is 1. The molecule has 0 aromatic heterocycles. The molecule has 2 heteroatoms. The van der Waals surface area contributed by atoms with Crippen molar-refractivity contribution in [2.24, 2.45) is 11.1 Å². The number of hydrogen-bond donors (Lipinski definition) is 1. The van der Waals surface area contributed by atoms with Crippen LogP contribution in [0, 0.1) is 5.41 Å². The van der Waals surface area contributed by atoms with Crippen LogP contribution in [0.1, 0.15) is 31.2 Å². The second-order valence-corrected chi connectivity index (χ2v) is 5.40. The summed E-state index contributed by atoms with van der Waals surface area (Å²) in [6, 6.07) is 7.98. The normalized spacial score (nSPS) is 25.9. The molecule has 1 nitrogen and oxygen atoms in total. The molecule has 2 fully saturated rings. The molecule has 2 aliphatic carbocycles. The van der Waals surface area contributed by atoms with Crippen molar-refractivity contribution in [1.29, 1.82) is 0 Å². The molecule has 0 bridgehead atoms. The molecule has 0 radical (unpaired) electrons. The summed E-state index contributed by atoms with van der Waals surface area (Å²) >= 11 is 6.15. The van der Waals surface area contributed by atoms with Gasteiger partial charge in [0.1, 0.15) is 0 Å². The Kier molecular flexibility index (Phi) is 1.58. The summed E-state index contributed by atoms with van der Waals surface area (Å²) in [5.41, 5.74) is 7.98. The van der Waals surface area contributed by atoms with Crippen LogP contribution < -0.4 is 5.73 Å². The first kappa shape index (κ1) is 8.75. The average molecular weight is 208 g/mol. The second kappa shape index (κ2) is 2.53. The Hall–Kier alpha value is -0.530. The summed E-state index contributed by atoms with van der Waals surface area (Å²) in [6.07, 6.45) is 5.00. The maximum Gasteiger partial charge on any atom is 0.0456 e. The minimum absolute atomic E-state index is 0.130. The van der Waals surface area contributed by atoms with E-state index in [9.17, 15) is 0 Å². The Labute approximate surface area is 89.3 Å². The lowest BCUT2D eigenvalue weighted by Gasteiger charge is -2.46. The molecule has 1 aromatic rings. The van der Waals surface area contributed by atoms with E-state index >= 15 is 0 Å². The van der Waals surface area contributed by atoms with Gasteiger partial charge < -0.3 is 5.73 Å². The Morgan fingerprint density at radius 1 is 1.14 bits per heavy atom. The monoisotopic (exact) mass is 207 g/mol. The first-order chi connectivity index (χ1) is 6.64. The molecule has 2 saturated carbocycles. The molecule has 3 rings (SSSR count). The summed E-state index contributed by atoms with van der Waals surface area (Å²) < 4.78 is 0. The molecule has 0 unspecified atom stereocenters. The van der Waals surface area contributed by atoms with Crippen molar-refractivity contribution in [1.82, 2.24) is 0 Å². The van der Waals surface area contributed by atoms with Crippen LogP contribution in [0.5, 0.6) is 0 Å². The second-order valence-electron chi connectivity index (χ2n) is 4.99. The molecule has 0 atom stereocenters. The minimum atomic E-state index is -0.130. The number of benzene rings is 1. The summed E-state index contributed by atoms with van der Waals surface area (Å²) in [5, 5.41) is 0.825. The third kappa shape index (κ3) is 1.12. The molecule has 2 aliphatic rings. The van der Waals surface area contributed by atoms with Gasteiger partial charge in [0.2, 0.25) is 0 Å². The highest BCUT2D eigenvalue weighted by molar-refractivity contribution is 6.31. The van der Waals surface area contributed by atoms with Crippen LogP contribution in [0.25, 0.3) is 0 Å². The molecule has 0 saturated heterocycles. The van der Waals surface area contributed by atoms with Crippen molar-refractivity contribution in [2.45, 2.75) is 31.2 Å². The lowest BCUT2D eigenvalue weighted by atomic mass is 9.63. The zero-order chi connectivity index (χ0) is 9.81. The fraction of sp³-hybridized carbons (Fsp3) is 0.500. The zero-order valence-corrected chi connectivity index (χ0v) is 8.85. The highest BCUT2D eigenvalue weighted by Gasteiger charge is 2.60. The topological polar surface area (TPSA) is 26.0 Å². The average Bonchev–Trinajstić information content (AvgIpc) is 2.84. The Bertz CT molecular complexity index is 374. The number of halogens is 1. The minimum Gasteiger partial charge on any atom is -0.321 e. The maximum atomic E-state index is 6.36. The van der Waals surface area contributed by atoms with Gasteiger partial charge in [-0.05, 0) is 42.7 Å². The number of nitrogens with two attached hydrogens (primary N) is 1. The standard InChI is InChI=1S/C12H14ClN/c13-10-4-2-1-3-9(10)12(14)7-11(8-12)5-6-11/h1-4H,5-8,14H2. The Balaban J connectivity index is 1.92. The van der Waals surface area contributed by atoms with Crippen LogP contribution >= 0.6 is 11.6 Å². The van der Waals surface area contributed by atoms with E-state index < -0.39 is 0 Å². The van der Waals surface area contributed by atoms with Gasteiger partial charge in [-0.2, -0.15) is 0 Å². The van der Waals surface area contributed by atoms with Gasteiger partial charge in [-0.25, -0.2) is 0 Å². The molecule has 1 spiro atoms. The van der Waals surface area contributed by atoms with Gasteiger partial charge in [-0.3, -0.25) is 0 Å². The molecule has 14 heavy (non-hydrogen) atoms. The molecule has 0 heterocycles. The summed E-state index contributed by atoms with van der Waals surface area (Å²) in [7, 11) is 0. The van der Waals surface area contributed by atoms with E-state index in [1.165, 1.54) is 12.8 Å². The van der Waals surface area contributed by atoms with Gasteiger partial charge in [-0.15, -0.1) is 0 Å². The first-order valence-corrected chi connectivity index (χ1v) is 5.55. The van der Waals surface area contributed by atoms with Crippen LogP contribution in [-0.2, 0) is 5.54 Å². The quantitative estimate of drug-likeness (QED) is 0.753. The van der Waals surface area contributed by atoms with E-state index in [-0.39, 0.29) is 5.54 Å². The smallest absolute Gasteiger partial charge is 0.0456 e. The molecule has 0 amide bonds. The van der Waals surface area contributed by atoms with E-state index in [2.05, 4.69) is 6.07 Å². The highest BCUT2D eigenvalue weighted by Crippen LogP contribution is 2.67. The van der Waals surface area contributed by atoms with Gasteiger partial charge in [-0.1, -0.05) is 29.8 Å². The lowest BCUT2D eigenvalue weighted by Crippen LogP contribution is -2.50. The Morgan fingerprint density at radius 3 is 2.36 bits per heavy atom. The summed E-state index contributed by atoms with van der Waals surface area (Å²) in [4.78, 5) is 0.